The van der Waals surface area contributed by atoms with E-state index in [-0.39, 0.29) is 0 Å². The third kappa shape index (κ3) is 1.74. The standard InChI is InChI=1S/C11H11NO3S/c1-3-15-11(13)8-6-12-10-7(4-5-16-10)9(8)14-2/h4-6H,3H2,1-2H3. The molecule has 0 aliphatic heterocycles. The summed E-state index contributed by atoms with van der Waals surface area (Å²) in [4.78, 5) is 16.7. The van der Waals surface area contributed by atoms with Gasteiger partial charge in [-0.25, -0.2) is 9.78 Å². The monoisotopic (exact) mass is 237 g/mol. The zero-order valence-corrected chi connectivity index (χ0v) is 9.84. The Morgan fingerprint density at radius 3 is 3.06 bits per heavy atom. The number of thiophene rings is 1. The fourth-order valence-corrected chi connectivity index (χ4v) is 2.21. The van der Waals surface area contributed by atoms with Gasteiger partial charge >= 0.3 is 5.97 Å². The molecule has 2 aromatic rings. The van der Waals surface area contributed by atoms with Gasteiger partial charge in [0, 0.05) is 6.20 Å². The number of hydrogen-bond acceptors (Lipinski definition) is 5. The molecule has 0 saturated heterocycles. The summed E-state index contributed by atoms with van der Waals surface area (Å²) in [6.45, 7) is 2.10. The molecule has 0 unspecified atom stereocenters. The number of esters is 1. The van der Waals surface area contributed by atoms with E-state index in [0.29, 0.717) is 17.9 Å². The van der Waals surface area contributed by atoms with Crippen molar-refractivity contribution in [1.82, 2.24) is 4.98 Å². The van der Waals surface area contributed by atoms with Crippen LogP contribution < -0.4 is 4.74 Å². The summed E-state index contributed by atoms with van der Waals surface area (Å²) in [5, 5.41) is 2.76. The minimum atomic E-state index is -0.403. The van der Waals surface area contributed by atoms with Crippen LogP contribution in [0.4, 0.5) is 0 Å². The second-order valence-electron chi connectivity index (χ2n) is 3.07. The van der Waals surface area contributed by atoms with Crippen molar-refractivity contribution < 1.29 is 14.3 Å². The van der Waals surface area contributed by atoms with Crippen molar-refractivity contribution in [3.63, 3.8) is 0 Å². The zero-order valence-electron chi connectivity index (χ0n) is 9.02. The van der Waals surface area contributed by atoms with E-state index in [2.05, 4.69) is 4.98 Å². The number of carbonyl (C=O) groups is 1. The topological polar surface area (TPSA) is 48.4 Å². The maximum absolute atomic E-state index is 11.7. The number of carbonyl (C=O) groups excluding carboxylic acids is 1. The number of ether oxygens (including phenoxy) is 2. The molecule has 0 saturated carbocycles. The number of pyridine rings is 1. The van der Waals surface area contributed by atoms with Crippen LogP contribution in [0.25, 0.3) is 10.2 Å². The molecule has 4 nitrogen and oxygen atoms in total. The molecule has 0 amide bonds. The van der Waals surface area contributed by atoms with E-state index in [4.69, 9.17) is 9.47 Å². The number of nitrogens with zero attached hydrogens (tertiary/aromatic N) is 1. The Labute approximate surface area is 96.8 Å². The average Bonchev–Trinajstić information content (AvgIpc) is 2.75. The van der Waals surface area contributed by atoms with Crippen molar-refractivity contribution in [2.24, 2.45) is 0 Å². The largest absolute Gasteiger partial charge is 0.495 e. The van der Waals surface area contributed by atoms with E-state index in [9.17, 15) is 4.79 Å². The van der Waals surface area contributed by atoms with Gasteiger partial charge in [-0.05, 0) is 18.4 Å². The summed E-state index contributed by atoms with van der Waals surface area (Å²) in [6, 6.07) is 1.88. The van der Waals surface area contributed by atoms with Crippen LogP contribution in [-0.4, -0.2) is 24.7 Å². The average molecular weight is 237 g/mol. The minimum Gasteiger partial charge on any atom is -0.495 e. The maximum atomic E-state index is 11.7. The molecular formula is C11H11NO3S. The Bertz CT molecular complexity index is 521. The van der Waals surface area contributed by atoms with Crippen LogP contribution >= 0.6 is 11.3 Å². The van der Waals surface area contributed by atoms with Crippen LogP contribution in [-0.2, 0) is 4.74 Å². The molecule has 0 bridgehead atoms. The first kappa shape index (κ1) is 10.9. The van der Waals surface area contributed by atoms with Crippen molar-refractivity contribution >= 4 is 27.5 Å². The summed E-state index contributed by atoms with van der Waals surface area (Å²) in [7, 11) is 1.54. The van der Waals surface area contributed by atoms with Gasteiger partial charge in [-0.1, -0.05) is 0 Å². The van der Waals surface area contributed by atoms with Gasteiger partial charge in [0.1, 0.15) is 16.1 Å². The smallest absolute Gasteiger partial charge is 0.343 e. The lowest BCUT2D eigenvalue weighted by molar-refractivity contribution is 0.0522. The first-order valence-corrected chi connectivity index (χ1v) is 5.73. The minimum absolute atomic E-state index is 0.337. The molecule has 2 heterocycles. The molecule has 0 aromatic carbocycles. The molecule has 0 atom stereocenters. The lowest BCUT2D eigenvalue weighted by Crippen LogP contribution is -2.07. The van der Waals surface area contributed by atoms with Crippen LogP contribution in [0.2, 0.25) is 0 Å². The van der Waals surface area contributed by atoms with E-state index < -0.39 is 5.97 Å². The lowest BCUT2D eigenvalue weighted by Gasteiger charge is -2.07. The third-order valence-corrected chi connectivity index (χ3v) is 2.97. The van der Waals surface area contributed by atoms with Gasteiger partial charge in [-0.3, -0.25) is 0 Å². The number of aromatic nitrogens is 1. The Morgan fingerprint density at radius 2 is 2.38 bits per heavy atom. The molecular weight excluding hydrogens is 226 g/mol. The molecule has 0 N–H and O–H groups in total. The zero-order chi connectivity index (χ0) is 11.5. The highest BCUT2D eigenvalue weighted by Crippen LogP contribution is 2.31. The molecule has 2 aromatic heterocycles. The number of methoxy groups -OCH3 is 1. The molecule has 0 spiro atoms. The molecule has 0 radical (unpaired) electrons. The van der Waals surface area contributed by atoms with E-state index >= 15 is 0 Å². The molecule has 5 heteroatoms. The maximum Gasteiger partial charge on any atom is 0.343 e. The summed E-state index contributed by atoms with van der Waals surface area (Å²) < 4.78 is 10.2. The molecule has 0 aliphatic carbocycles. The highest BCUT2D eigenvalue weighted by atomic mass is 32.1. The molecule has 16 heavy (non-hydrogen) atoms. The first-order chi connectivity index (χ1) is 7.77. The molecule has 0 aliphatic rings. The third-order valence-electron chi connectivity index (χ3n) is 2.14. The summed E-state index contributed by atoms with van der Waals surface area (Å²) in [5.41, 5.74) is 0.371. The number of fused-ring (bicyclic) bond motifs is 1. The van der Waals surface area contributed by atoms with E-state index in [1.807, 2.05) is 11.4 Å². The van der Waals surface area contributed by atoms with Gasteiger partial charge in [0.15, 0.2) is 0 Å². The summed E-state index contributed by atoms with van der Waals surface area (Å²) in [5.74, 6) is 0.129. The van der Waals surface area contributed by atoms with Gasteiger partial charge in [-0.2, -0.15) is 0 Å². The highest BCUT2D eigenvalue weighted by molar-refractivity contribution is 7.16. The summed E-state index contributed by atoms with van der Waals surface area (Å²) in [6.07, 6.45) is 1.50. The quantitative estimate of drug-likeness (QED) is 0.769. The Kier molecular flexibility index (Phi) is 3.05. The number of rotatable bonds is 3. The van der Waals surface area contributed by atoms with Crippen LogP contribution in [0.1, 0.15) is 17.3 Å². The Balaban J connectivity index is 2.56. The van der Waals surface area contributed by atoms with Gasteiger partial charge in [0.2, 0.25) is 0 Å². The molecule has 84 valence electrons. The second-order valence-corrected chi connectivity index (χ2v) is 3.96. The van der Waals surface area contributed by atoms with Crippen LogP contribution in [0.5, 0.6) is 5.75 Å². The van der Waals surface area contributed by atoms with Crippen LogP contribution in [0, 0.1) is 0 Å². The van der Waals surface area contributed by atoms with Crippen LogP contribution in [0.15, 0.2) is 17.6 Å². The predicted octanol–water partition coefficient (Wildman–Crippen LogP) is 2.48. The lowest BCUT2D eigenvalue weighted by atomic mass is 10.2. The van der Waals surface area contributed by atoms with Crippen molar-refractivity contribution in [2.75, 3.05) is 13.7 Å². The van der Waals surface area contributed by atoms with Gasteiger partial charge in [0.25, 0.3) is 0 Å². The fourth-order valence-electron chi connectivity index (χ4n) is 1.48. The SMILES string of the molecule is CCOC(=O)c1cnc2sccc2c1OC. The Hall–Kier alpha value is -1.62. The van der Waals surface area contributed by atoms with Crippen LogP contribution in [0.3, 0.4) is 0 Å². The van der Waals surface area contributed by atoms with Crippen molar-refractivity contribution in [1.29, 1.82) is 0 Å². The Morgan fingerprint density at radius 1 is 1.56 bits per heavy atom. The first-order valence-electron chi connectivity index (χ1n) is 4.85. The summed E-state index contributed by atoms with van der Waals surface area (Å²) >= 11 is 1.51. The van der Waals surface area contributed by atoms with Gasteiger partial charge < -0.3 is 9.47 Å². The van der Waals surface area contributed by atoms with E-state index in [0.717, 1.165) is 10.2 Å². The molecule has 0 fully saturated rings. The number of hydrogen-bond donors (Lipinski definition) is 0. The normalized spacial score (nSPS) is 10.4. The van der Waals surface area contributed by atoms with Gasteiger partial charge in [0.05, 0.1) is 19.1 Å². The highest BCUT2D eigenvalue weighted by Gasteiger charge is 2.17. The van der Waals surface area contributed by atoms with E-state index in [1.165, 1.54) is 24.6 Å². The van der Waals surface area contributed by atoms with Gasteiger partial charge in [-0.15, -0.1) is 11.3 Å². The van der Waals surface area contributed by atoms with Crippen molar-refractivity contribution in [2.45, 2.75) is 6.92 Å². The van der Waals surface area contributed by atoms with E-state index in [1.54, 1.807) is 6.92 Å². The second kappa shape index (κ2) is 4.49. The predicted molar refractivity (Wildman–Crippen MR) is 62.1 cm³/mol. The van der Waals surface area contributed by atoms with Crippen molar-refractivity contribution in [3.8, 4) is 5.75 Å². The fraction of sp³-hybridized carbons (Fsp3) is 0.273. The van der Waals surface area contributed by atoms with Crippen molar-refractivity contribution in [3.05, 3.63) is 23.2 Å². The molecule has 2 rings (SSSR count).